The van der Waals surface area contributed by atoms with Gasteiger partial charge in [0.2, 0.25) is 11.9 Å². The van der Waals surface area contributed by atoms with E-state index in [4.69, 9.17) is 11.6 Å². The standard InChI is InChI=1S/C26H18ClF2N7O/c1-12-2-4-15(25(28)31-12)19-10-20(32-26(19)29)24-18-9-17(18)22-6-13(7-23(37)36(22)24)16-8-14(27)3-5-21(16)35-11-30-33-34-35/h2-8,11,17-18,24H,9-10H2,1H3. The Hall–Kier alpha value is -4.05. The third kappa shape index (κ3) is 3.46. The van der Waals surface area contributed by atoms with Gasteiger partial charge < -0.3 is 4.57 Å². The van der Waals surface area contributed by atoms with Crippen LogP contribution >= 0.6 is 11.6 Å². The van der Waals surface area contributed by atoms with Gasteiger partial charge in [-0.25, -0.2) is 9.98 Å². The van der Waals surface area contributed by atoms with Crippen LogP contribution in [0.5, 0.6) is 0 Å². The van der Waals surface area contributed by atoms with Gasteiger partial charge in [-0.15, -0.1) is 5.10 Å². The van der Waals surface area contributed by atoms with Crippen LogP contribution in [0.3, 0.4) is 0 Å². The molecule has 1 fully saturated rings. The molecule has 0 N–H and O–H groups in total. The molecule has 0 saturated heterocycles. The van der Waals surface area contributed by atoms with Gasteiger partial charge in [-0.05, 0) is 71.7 Å². The molecule has 5 heterocycles. The number of hydrogen-bond donors (Lipinski definition) is 0. The van der Waals surface area contributed by atoms with Crippen molar-refractivity contribution in [2.75, 3.05) is 0 Å². The van der Waals surface area contributed by atoms with E-state index >= 15 is 0 Å². The van der Waals surface area contributed by atoms with Gasteiger partial charge in [0.1, 0.15) is 6.33 Å². The van der Waals surface area contributed by atoms with Crippen LogP contribution in [0.2, 0.25) is 5.02 Å². The van der Waals surface area contributed by atoms with Crippen molar-refractivity contribution in [3.05, 3.63) is 93.0 Å². The van der Waals surface area contributed by atoms with Gasteiger partial charge in [0.15, 0.2) is 0 Å². The van der Waals surface area contributed by atoms with E-state index in [-0.39, 0.29) is 41.0 Å². The van der Waals surface area contributed by atoms with E-state index in [1.807, 2.05) is 6.07 Å². The molecular weight excluding hydrogens is 500 g/mol. The molecule has 0 bridgehead atoms. The van der Waals surface area contributed by atoms with Crippen LogP contribution in [-0.4, -0.2) is 35.5 Å². The van der Waals surface area contributed by atoms with Gasteiger partial charge >= 0.3 is 0 Å². The van der Waals surface area contributed by atoms with Crippen molar-refractivity contribution in [2.24, 2.45) is 10.9 Å². The first-order valence-electron chi connectivity index (χ1n) is 11.8. The lowest BCUT2D eigenvalue weighted by Crippen LogP contribution is -2.29. The first-order valence-corrected chi connectivity index (χ1v) is 12.2. The van der Waals surface area contributed by atoms with Crippen molar-refractivity contribution in [2.45, 2.75) is 31.7 Å². The molecule has 3 atom stereocenters. The third-order valence-electron chi connectivity index (χ3n) is 7.37. The zero-order valence-electron chi connectivity index (χ0n) is 19.4. The van der Waals surface area contributed by atoms with Crippen molar-refractivity contribution in [3.8, 4) is 16.8 Å². The molecule has 0 spiro atoms. The molecule has 0 radical (unpaired) electrons. The first kappa shape index (κ1) is 22.2. The average Bonchev–Trinajstić information content (AvgIpc) is 3.17. The molecule has 3 aliphatic rings. The summed E-state index contributed by atoms with van der Waals surface area (Å²) in [6.45, 7) is 1.67. The van der Waals surface area contributed by atoms with Crippen LogP contribution in [0.15, 0.2) is 64.5 Å². The number of allylic oxidation sites excluding steroid dienone is 1. The molecule has 184 valence electrons. The summed E-state index contributed by atoms with van der Waals surface area (Å²) in [5, 5.41) is 11.9. The van der Waals surface area contributed by atoms with Crippen molar-refractivity contribution < 1.29 is 8.78 Å². The van der Waals surface area contributed by atoms with E-state index < -0.39 is 11.9 Å². The molecule has 0 amide bonds. The number of halogens is 3. The van der Waals surface area contributed by atoms with Gasteiger partial charge in [0, 0.05) is 57.2 Å². The Balaban J connectivity index is 1.27. The second kappa shape index (κ2) is 7.97. The van der Waals surface area contributed by atoms with Gasteiger partial charge in [-0.3, -0.25) is 4.79 Å². The summed E-state index contributed by atoms with van der Waals surface area (Å²) in [6, 6.07) is 11.6. The Kier molecular flexibility index (Phi) is 4.78. The Bertz CT molecular complexity index is 1730. The van der Waals surface area contributed by atoms with Gasteiger partial charge in [0.25, 0.3) is 5.56 Å². The number of aryl methyl sites for hydroxylation is 1. The topological polar surface area (TPSA) is 90.9 Å². The fourth-order valence-corrected chi connectivity index (χ4v) is 5.83. The highest BCUT2D eigenvalue weighted by Gasteiger charge is 2.55. The van der Waals surface area contributed by atoms with E-state index in [1.54, 1.807) is 41.8 Å². The molecule has 1 aromatic carbocycles. The normalized spacial score (nSPS) is 21.7. The van der Waals surface area contributed by atoms with E-state index in [1.165, 1.54) is 17.1 Å². The van der Waals surface area contributed by atoms with E-state index in [0.717, 1.165) is 17.7 Å². The van der Waals surface area contributed by atoms with E-state index in [0.29, 0.717) is 27.7 Å². The summed E-state index contributed by atoms with van der Waals surface area (Å²) in [5.74, 6) is -1.13. The SMILES string of the molecule is Cc1ccc(C2=C(F)N=C(C3C4CC4c4cc(-c5cc(Cl)ccc5-n5cnnn5)cc(=O)n43)C2)c(F)n1. The minimum Gasteiger partial charge on any atom is -0.303 e. The lowest BCUT2D eigenvalue weighted by molar-refractivity contribution is 0.573. The lowest BCUT2D eigenvalue weighted by atomic mass is 9.98. The molecule has 2 aliphatic heterocycles. The zero-order valence-corrected chi connectivity index (χ0v) is 20.2. The fourth-order valence-electron chi connectivity index (χ4n) is 5.66. The largest absolute Gasteiger partial charge is 0.303 e. The number of pyridine rings is 2. The van der Waals surface area contributed by atoms with Crippen molar-refractivity contribution >= 4 is 22.9 Å². The quantitative estimate of drug-likeness (QED) is 0.286. The Morgan fingerprint density at radius 1 is 1.08 bits per heavy atom. The molecule has 7 rings (SSSR count). The zero-order chi connectivity index (χ0) is 25.4. The third-order valence-corrected chi connectivity index (χ3v) is 7.61. The number of hydrogen-bond acceptors (Lipinski definition) is 6. The highest BCUT2D eigenvalue weighted by molar-refractivity contribution is 6.31. The number of benzene rings is 1. The average molecular weight is 518 g/mol. The molecule has 8 nitrogen and oxygen atoms in total. The van der Waals surface area contributed by atoms with Crippen LogP contribution in [0.4, 0.5) is 8.78 Å². The predicted molar refractivity (Wildman–Crippen MR) is 133 cm³/mol. The van der Waals surface area contributed by atoms with Gasteiger partial charge in [0.05, 0.1) is 11.7 Å². The maximum Gasteiger partial charge on any atom is 0.251 e. The van der Waals surface area contributed by atoms with Crippen molar-refractivity contribution in [3.63, 3.8) is 0 Å². The minimum atomic E-state index is -0.723. The summed E-state index contributed by atoms with van der Waals surface area (Å²) in [4.78, 5) is 21.5. The second-order valence-corrected chi connectivity index (χ2v) is 10.0. The summed E-state index contributed by atoms with van der Waals surface area (Å²) >= 11 is 6.30. The Morgan fingerprint density at radius 3 is 2.73 bits per heavy atom. The second-order valence-electron chi connectivity index (χ2n) is 9.58. The van der Waals surface area contributed by atoms with Gasteiger partial charge in [-0.1, -0.05) is 11.6 Å². The summed E-state index contributed by atoms with van der Waals surface area (Å²) in [6.07, 6.45) is 2.48. The molecule has 4 aromatic rings. The highest BCUT2D eigenvalue weighted by Crippen LogP contribution is 2.60. The highest BCUT2D eigenvalue weighted by atomic mass is 35.5. The predicted octanol–water partition coefficient (Wildman–Crippen LogP) is 4.83. The summed E-state index contributed by atoms with van der Waals surface area (Å²) < 4.78 is 32.7. The molecule has 3 unspecified atom stereocenters. The maximum absolute atomic E-state index is 15.0. The smallest absolute Gasteiger partial charge is 0.251 e. The summed E-state index contributed by atoms with van der Waals surface area (Å²) in [5.41, 5.74) is 4.07. The number of fused-ring (bicyclic) bond motifs is 3. The van der Waals surface area contributed by atoms with E-state index in [9.17, 15) is 13.6 Å². The van der Waals surface area contributed by atoms with Crippen LogP contribution in [0.1, 0.15) is 41.8 Å². The molecule has 1 saturated carbocycles. The molecular formula is C26H18ClF2N7O. The van der Waals surface area contributed by atoms with Crippen LogP contribution in [-0.2, 0) is 0 Å². The molecule has 1 aliphatic carbocycles. The lowest BCUT2D eigenvalue weighted by Gasteiger charge is -2.20. The Morgan fingerprint density at radius 2 is 1.95 bits per heavy atom. The van der Waals surface area contributed by atoms with Crippen LogP contribution in [0.25, 0.3) is 22.4 Å². The summed E-state index contributed by atoms with van der Waals surface area (Å²) in [7, 11) is 0. The minimum absolute atomic E-state index is 0.103. The van der Waals surface area contributed by atoms with Crippen LogP contribution < -0.4 is 5.56 Å². The number of tetrazole rings is 1. The van der Waals surface area contributed by atoms with Crippen LogP contribution in [0, 0.1) is 18.8 Å². The maximum atomic E-state index is 15.0. The first-order chi connectivity index (χ1) is 17.9. The Labute approximate surface area is 214 Å². The number of aliphatic imine (C=N–C) groups is 1. The molecule has 37 heavy (non-hydrogen) atoms. The van der Waals surface area contributed by atoms with Crippen molar-refractivity contribution in [1.29, 1.82) is 0 Å². The number of rotatable bonds is 4. The number of nitrogens with zero attached hydrogens (tertiary/aromatic N) is 7. The van der Waals surface area contributed by atoms with Gasteiger partial charge in [-0.2, -0.15) is 13.5 Å². The molecule has 11 heteroatoms. The fraction of sp³-hybridized carbons (Fsp3) is 0.231. The van der Waals surface area contributed by atoms with E-state index in [2.05, 4.69) is 25.5 Å². The number of aromatic nitrogens is 6. The van der Waals surface area contributed by atoms with Crippen molar-refractivity contribution in [1.82, 2.24) is 29.8 Å². The monoisotopic (exact) mass is 517 g/mol. The molecule has 3 aromatic heterocycles.